The van der Waals surface area contributed by atoms with E-state index in [1.165, 1.54) is 5.69 Å². The van der Waals surface area contributed by atoms with Crippen LogP contribution in [0.2, 0.25) is 0 Å². The normalized spacial score (nSPS) is 14.4. The highest BCUT2D eigenvalue weighted by Gasteiger charge is 2.08. The van der Waals surface area contributed by atoms with Crippen LogP contribution in [0.15, 0.2) is 73.1 Å². The number of hydrogen-bond acceptors (Lipinski definition) is 2. The molecule has 0 N–H and O–H groups in total. The molecular formula is C16H14N2. The van der Waals surface area contributed by atoms with Crippen molar-refractivity contribution in [2.45, 2.75) is 0 Å². The standard InChI is InChI=1S/C16H14N2/c1-2-8-15(9-3-1)18-12-6-7-14(13-18)16-10-4-5-11-17-16/h1-11,13H,12H2. The smallest absolute Gasteiger partial charge is 0.0716 e. The molecule has 0 saturated carbocycles. The SMILES string of the molecule is C1=CC(c2ccccn2)=CN(c2ccccc2)C1. The van der Waals surface area contributed by atoms with Crippen LogP contribution in [-0.4, -0.2) is 11.5 Å². The second-order valence-corrected chi connectivity index (χ2v) is 4.19. The zero-order valence-electron chi connectivity index (χ0n) is 10.0. The van der Waals surface area contributed by atoms with Gasteiger partial charge in [-0.05, 0) is 24.3 Å². The number of rotatable bonds is 2. The second-order valence-electron chi connectivity index (χ2n) is 4.19. The number of nitrogens with zero attached hydrogens (tertiary/aromatic N) is 2. The summed E-state index contributed by atoms with van der Waals surface area (Å²) >= 11 is 0. The van der Waals surface area contributed by atoms with Gasteiger partial charge in [-0.25, -0.2) is 0 Å². The van der Waals surface area contributed by atoms with E-state index in [4.69, 9.17) is 0 Å². The Morgan fingerprint density at radius 3 is 2.56 bits per heavy atom. The Labute approximate surface area is 107 Å². The number of allylic oxidation sites excluding steroid dienone is 2. The molecule has 1 aliphatic rings. The molecule has 0 fully saturated rings. The predicted octanol–water partition coefficient (Wildman–Crippen LogP) is 3.50. The molecule has 2 nitrogen and oxygen atoms in total. The minimum atomic E-state index is 0.903. The van der Waals surface area contributed by atoms with Gasteiger partial charge in [0.05, 0.1) is 5.69 Å². The maximum Gasteiger partial charge on any atom is 0.0716 e. The highest BCUT2D eigenvalue weighted by Crippen LogP contribution is 2.22. The van der Waals surface area contributed by atoms with Gasteiger partial charge in [0.1, 0.15) is 0 Å². The van der Waals surface area contributed by atoms with E-state index in [9.17, 15) is 0 Å². The summed E-state index contributed by atoms with van der Waals surface area (Å²) in [7, 11) is 0. The third kappa shape index (κ3) is 2.18. The quantitative estimate of drug-likeness (QED) is 0.790. The number of para-hydroxylation sites is 1. The van der Waals surface area contributed by atoms with Crippen molar-refractivity contribution in [1.29, 1.82) is 0 Å². The van der Waals surface area contributed by atoms with Gasteiger partial charge in [0.25, 0.3) is 0 Å². The Balaban J connectivity index is 1.93. The van der Waals surface area contributed by atoms with Crippen molar-refractivity contribution in [3.8, 4) is 0 Å². The molecule has 0 radical (unpaired) electrons. The van der Waals surface area contributed by atoms with E-state index in [1.807, 2.05) is 30.5 Å². The summed E-state index contributed by atoms with van der Waals surface area (Å²) in [4.78, 5) is 6.61. The minimum absolute atomic E-state index is 0.903. The Morgan fingerprint density at radius 2 is 1.78 bits per heavy atom. The fourth-order valence-electron chi connectivity index (χ4n) is 2.04. The monoisotopic (exact) mass is 234 g/mol. The van der Waals surface area contributed by atoms with Crippen LogP contribution in [0.5, 0.6) is 0 Å². The van der Waals surface area contributed by atoms with Gasteiger partial charge < -0.3 is 4.90 Å². The molecule has 1 aromatic carbocycles. The van der Waals surface area contributed by atoms with Gasteiger partial charge in [-0.15, -0.1) is 0 Å². The van der Waals surface area contributed by atoms with Gasteiger partial charge in [0.15, 0.2) is 0 Å². The molecule has 0 amide bonds. The number of anilines is 1. The molecule has 2 aromatic rings. The summed E-state index contributed by atoms with van der Waals surface area (Å²) < 4.78 is 0. The molecule has 0 spiro atoms. The summed E-state index contributed by atoms with van der Waals surface area (Å²) in [5, 5.41) is 0. The van der Waals surface area contributed by atoms with E-state index in [0.29, 0.717) is 0 Å². The summed E-state index contributed by atoms with van der Waals surface area (Å²) in [5.74, 6) is 0. The van der Waals surface area contributed by atoms with Gasteiger partial charge in [-0.2, -0.15) is 0 Å². The fraction of sp³-hybridized carbons (Fsp3) is 0.0625. The molecule has 0 unspecified atom stereocenters. The Bertz CT molecular complexity index is 571. The van der Waals surface area contributed by atoms with Crippen LogP contribution < -0.4 is 4.90 Å². The Morgan fingerprint density at radius 1 is 0.944 bits per heavy atom. The molecule has 88 valence electrons. The molecule has 1 aliphatic heterocycles. The van der Waals surface area contributed by atoms with Gasteiger partial charge in [0.2, 0.25) is 0 Å². The molecule has 0 atom stereocenters. The first kappa shape index (κ1) is 10.8. The van der Waals surface area contributed by atoms with Crippen molar-refractivity contribution in [3.05, 3.63) is 78.8 Å². The number of hydrogen-bond donors (Lipinski definition) is 0. The van der Waals surface area contributed by atoms with Crippen LogP contribution in [0, 0.1) is 0 Å². The highest BCUT2D eigenvalue weighted by atomic mass is 15.1. The largest absolute Gasteiger partial charge is 0.343 e. The summed E-state index contributed by atoms with van der Waals surface area (Å²) in [5.41, 5.74) is 3.36. The lowest BCUT2D eigenvalue weighted by atomic mass is 10.1. The Kier molecular flexibility index (Phi) is 2.92. The van der Waals surface area contributed by atoms with Gasteiger partial charge in [-0.1, -0.05) is 36.4 Å². The average Bonchev–Trinajstić information content (AvgIpc) is 2.49. The molecule has 1 aromatic heterocycles. The van der Waals surface area contributed by atoms with Gasteiger partial charge >= 0.3 is 0 Å². The molecule has 0 bridgehead atoms. The zero-order valence-corrected chi connectivity index (χ0v) is 10.0. The Hall–Kier alpha value is -2.35. The molecule has 0 saturated heterocycles. The minimum Gasteiger partial charge on any atom is -0.343 e. The van der Waals surface area contributed by atoms with E-state index in [1.54, 1.807) is 0 Å². The number of benzene rings is 1. The zero-order chi connectivity index (χ0) is 12.2. The summed E-state index contributed by atoms with van der Waals surface area (Å²) in [6, 6.07) is 16.4. The third-order valence-corrected chi connectivity index (χ3v) is 2.94. The first-order valence-electron chi connectivity index (χ1n) is 6.05. The van der Waals surface area contributed by atoms with E-state index in [2.05, 4.69) is 52.5 Å². The molecule has 2 heteroatoms. The first-order valence-corrected chi connectivity index (χ1v) is 6.05. The van der Waals surface area contributed by atoms with Crippen LogP contribution in [0.4, 0.5) is 5.69 Å². The number of aromatic nitrogens is 1. The van der Waals surface area contributed by atoms with Crippen molar-refractivity contribution >= 4 is 11.3 Å². The van der Waals surface area contributed by atoms with Gasteiger partial charge in [-0.3, -0.25) is 4.98 Å². The van der Waals surface area contributed by atoms with Gasteiger partial charge in [0, 0.05) is 30.2 Å². The topological polar surface area (TPSA) is 16.1 Å². The van der Waals surface area contributed by atoms with Crippen LogP contribution in [0.25, 0.3) is 5.57 Å². The molecule has 18 heavy (non-hydrogen) atoms. The lowest BCUT2D eigenvalue weighted by Gasteiger charge is -2.23. The first-order chi connectivity index (χ1) is 8.93. The van der Waals surface area contributed by atoms with Crippen molar-refractivity contribution < 1.29 is 0 Å². The summed E-state index contributed by atoms with van der Waals surface area (Å²) in [6.07, 6.45) is 8.27. The molecular weight excluding hydrogens is 220 g/mol. The van der Waals surface area contributed by atoms with Crippen LogP contribution in [-0.2, 0) is 0 Å². The maximum absolute atomic E-state index is 4.38. The van der Waals surface area contributed by atoms with Crippen LogP contribution in [0.1, 0.15) is 5.69 Å². The average molecular weight is 234 g/mol. The van der Waals surface area contributed by atoms with Crippen LogP contribution >= 0.6 is 0 Å². The van der Waals surface area contributed by atoms with Crippen molar-refractivity contribution in [1.82, 2.24) is 4.98 Å². The van der Waals surface area contributed by atoms with Crippen molar-refractivity contribution in [2.75, 3.05) is 11.4 Å². The van der Waals surface area contributed by atoms with Crippen LogP contribution in [0.3, 0.4) is 0 Å². The molecule has 0 aliphatic carbocycles. The molecule has 2 heterocycles. The van der Waals surface area contributed by atoms with E-state index in [0.717, 1.165) is 17.8 Å². The maximum atomic E-state index is 4.38. The highest BCUT2D eigenvalue weighted by molar-refractivity contribution is 5.76. The lowest BCUT2D eigenvalue weighted by Crippen LogP contribution is -2.18. The molecule has 3 rings (SSSR count). The lowest BCUT2D eigenvalue weighted by molar-refractivity contribution is 1.07. The van der Waals surface area contributed by atoms with E-state index >= 15 is 0 Å². The third-order valence-electron chi connectivity index (χ3n) is 2.94. The van der Waals surface area contributed by atoms with Crippen molar-refractivity contribution in [2.24, 2.45) is 0 Å². The van der Waals surface area contributed by atoms with E-state index in [-0.39, 0.29) is 0 Å². The second kappa shape index (κ2) is 4.88. The number of pyridine rings is 1. The summed E-state index contributed by atoms with van der Waals surface area (Å²) in [6.45, 7) is 0.903. The fourth-order valence-corrected chi connectivity index (χ4v) is 2.04. The predicted molar refractivity (Wildman–Crippen MR) is 75.1 cm³/mol. The van der Waals surface area contributed by atoms with E-state index < -0.39 is 0 Å². The van der Waals surface area contributed by atoms with Crippen molar-refractivity contribution in [3.63, 3.8) is 0 Å².